The maximum atomic E-state index is 12.1. The molecule has 0 radical (unpaired) electrons. The largest absolute Gasteiger partial charge is 0.346 e. The number of carbonyl (C=O) groups is 1. The molecule has 2 saturated heterocycles. The van der Waals surface area contributed by atoms with Crippen LogP contribution >= 0.6 is 11.8 Å². The third-order valence-corrected chi connectivity index (χ3v) is 5.07. The summed E-state index contributed by atoms with van der Waals surface area (Å²) in [7, 11) is 0. The molecule has 2 aliphatic heterocycles. The molecule has 7 heteroatoms. The van der Waals surface area contributed by atoms with Crippen LogP contribution < -0.4 is 10.6 Å². The minimum absolute atomic E-state index is 0.139. The van der Waals surface area contributed by atoms with E-state index < -0.39 is 0 Å². The van der Waals surface area contributed by atoms with Crippen molar-refractivity contribution in [1.29, 1.82) is 0 Å². The van der Waals surface area contributed by atoms with Crippen LogP contribution in [-0.2, 0) is 0 Å². The van der Waals surface area contributed by atoms with E-state index in [4.69, 9.17) is 0 Å². The molecule has 2 aliphatic rings. The molecule has 1 aromatic rings. The summed E-state index contributed by atoms with van der Waals surface area (Å²) in [5, 5.41) is 10.7. The summed E-state index contributed by atoms with van der Waals surface area (Å²) < 4.78 is 1.83. The first-order chi connectivity index (χ1) is 9.83. The van der Waals surface area contributed by atoms with Crippen LogP contribution in [0.25, 0.3) is 0 Å². The number of nitrogens with one attached hydrogen (secondary N) is 2. The Labute approximate surface area is 123 Å². The third kappa shape index (κ3) is 3.32. The Balaban J connectivity index is 1.58. The number of rotatable bonds is 3. The summed E-state index contributed by atoms with van der Waals surface area (Å²) >= 11 is 1.90. The Hall–Kier alpha value is -1.08. The topological polar surface area (TPSA) is 71.8 Å². The fraction of sp³-hybridized carbons (Fsp3) is 0.769. The highest BCUT2D eigenvalue weighted by molar-refractivity contribution is 7.99. The van der Waals surface area contributed by atoms with Crippen LogP contribution in [0.2, 0.25) is 0 Å². The number of carbonyl (C=O) groups excluding carboxylic acids is 1. The number of amides is 1. The zero-order valence-corrected chi connectivity index (χ0v) is 12.4. The summed E-state index contributed by atoms with van der Waals surface area (Å²) in [5.74, 6) is 2.36. The Bertz CT molecular complexity index is 451. The Morgan fingerprint density at radius 1 is 1.45 bits per heavy atom. The lowest BCUT2D eigenvalue weighted by molar-refractivity contribution is 0.0927. The fourth-order valence-electron chi connectivity index (χ4n) is 2.72. The number of piperidine rings is 1. The lowest BCUT2D eigenvalue weighted by Gasteiger charge is -2.22. The maximum absolute atomic E-state index is 12.1. The van der Waals surface area contributed by atoms with Crippen molar-refractivity contribution in [1.82, 2.24) is 25.4 Å². The first-order valence-corrected chi connectivity index (χ1v) is 8.49. The van der Waals surface area contributed by atoms with Crippen molar-refractivity contribution in [3.05, 3.63) is 12.2 Å². The van der Waals surface area contributed by atoms with E-state index in [2.05, 4.69) is 20.7 Å². The average molecular weight is 295 g/mol. The van der Waals surface area contributed by atoms with E-state index in [0.717, 1.165) is 38.1 Å². The molecule has 2 fully saturated rings. The van der Waals surface area contributed by atoms with Gasteiger partial charge in [-0.2, -0.15) is 11.8 Å². The van der Waals surface area contributed by atoms with Crippen molar-refractivity contribution in [3.8, 4) is 0 Å². The quantitative estimate of drug-likeness (QED) is 0.864. The van der Waals surface area contributed by atoms with Crippen LogP contribution in [0.3, 0.4) is 0 Å². The Morgan fingerprint density at radius 2 is 2.40 bits per heavy atom. The number of hydrogen-bond acceptors (Lipinski definition) is 5. The molecule has 0 bridgehead atoms. The number of nitrogens with zero attached hydrogens (tertiary/aromatic N) is 3. The van der Waals surface area contributed by atoms with Gasteiger partial charge in [0.1, 0.15) is 6.33 Å². The molecule has 3 rings (SSSR count). The predicted molar refractivity (Wildman–Crippen MR) is 79.0 cm³/mol. The van der Waals surface area contributed by atoms with Crippen molar-refractivity contribution in [3.63, 3.8) is 0 Å². The fourth-order valence-corrected chi connectivity index (χ4v) is 3.79. The van der Waals surface area contributed by atoms with Crippen molar-refractivity contribution in [2.24, 2.45) is 0 Å². The maximum Gasteiger partial charge on any atom is 0.291 e. The molecule has 0 aliphatic carbocycles. The molecule has 1 aromatic heterocycles. The molecule has 1 amide bonds. The monoisotopic (exact) mass is 295 g/mol. The summed E-state index contributed by atoms with van der Waals surface area (Å²) in [6.45, 7) is 1.97. The molecule has 0 spiro atoms. The van der Waals surface area contributed by atoms with Crippen LogP contribution in [0.5, 0.6) is 0 Å². The molecule has 0 unspecified atom stereocenters. The van der Waals surface area contributed by atoms with E-state index >= 15 is 0 Å². The molecule has 6 nitrogen and oxygen atoms in total. The van der Waals surface area contributed by atoms with Gasteiger partial charge in [-0.05, 0) is 38.0 Å². The minimum atomic E-state index is -0.139. The first-order valence-electron chi connectivity index (χ1n) is 7.33. The van der Waals surface area contributed by atoms with Gasteiger partial charge in [-0.3, -0.25) is 4.79 Å². The highest BCUT2D eigenvalue weighted by atomic mass is 32.2. The summed E-state index contributed by atoms with van der Waals surface area (Å²) in [6, 6.07) is 0.590. The van der Waals surface area contributed by atoms with E-state index in [1.807, 2.05) is 16.4 Å². The van der Waals surface area contributed by atoms with Crippen molar-refractivity contribution >= 4 is 17.7 Å². The number of aromatic nitrogens is 3. The molecule has 0 saturated carbocycles. The van der Waals surface area contributed by atoms with Gasteiger partial charge in [-0.25, -0.2) is 9.67 Å². The van der Waals surface area contributed by atoms with Gasteiger partial charge in [0.05, 0.1) is 6.04 Å². The van der Waals surface area contributed by atoms with E-state index in [9.17, 15) is 4.79 Å². The standard InChI is InChI=1S/C13H21N5OS/c19-13(16-10-3-2-6-20-8-10)12-15-9-18(17-12)11-4-1-5-14-7-11/h9-11,14H,1-8H2,(H,16,19)/t10-,11+/m0/s1. The summed E-state index contributed by atoms with van der Waals surface area (Å²) in [4.78, 5) is 16.3. The van der Waals surface area contributed by atoms with Gasteiger partial charge >= 0.3 is 0 Å². The van der Waals surface area contributed by atoms with Crippen LogP contribution in [0, 0.1) is 0 Å². The minimum Gasteiger partial charge on any atom is -0.346 e. The highest BCUT2D eigenvalue weighted by Gasteiger charge is 2.21. The molecular formula is C13H21N5OS. The highest BCUT2D eigenvalue weighted by Crippen LogP contribution is 2.17. The number of hydrogen-bond donors (Lipinski definition) is 2. The first kappa shape index (κ1) is 13.9. The van der Waals surface area contributed by atoms with Crippen molar-refractivity contribution in [2.45, 2.75) is 37.8 Å². The summed E-state index contributed by atoms with van der Waals surface area (Å²) in [6.07, 6.45) is 6.15. The van der Waals surface area contributed by atoms with E-state index in [1.165, 1.54) is 12.2 Å². The van der Waals surface area contributed by atoms with Gasteiger partial charge in [0.2, 0.25) is 5.82 Å². The Kier molecular flexibility index (Phi) is 4.57. The second kappa shape index (κ2) is 6.58. The van der Waals surface area contributed by atoms with E-state index in [-0.39, 0.29) is 11.9 Å². The van der Waals surface area contributed by atoms with Crippen molar-refractivity contribution < 1.29 is 4.79 Å². The third-order valence-electron chi connectivity index (χ3n) is 3.85. The number of thioether (sulfide) groups is 1. The molecule has 0 aromatic carbocycles. The van der Waals surface area contributed by atoms with Gasteiger partial charge in [-0.15, -0.1) is 5.10 Å². The SMILES string of the molecule is O=C(N[C@H]1CCCSC1)c1ncn([C@@H]2CCCNC2)n1. The molecular weight excluding hydrogens is 274 g/mol. The second-order valence-corrected chi connectivity index (χ2v) is 6.59. The summed E-state index contributed by atoms with van der Waals surface area (Å²) in [5.41, 5.74) is 0. The second-order valence-electron chi connectivity index (χ2n) is 5.44. The van der Waals surface area contributed by atoms with Gasteiger partial charge in [0.25, 0.3) is 5.91 Å². The van der Waals surface area contributed by atoms with Crippen LogP contribution in [0.4, 0.5) is 0 Å². The molecule has 110 valence electrons. The van der Waals surface area contributed by atoms with E-state index in [0.29, 0.717) is 11.9 Å². The van der Waals surface area contributed by atoms with Crippen LogP contribution in [-0.4, -0.2) is 51.3 Å². The zero-order chi connectivity index (χ0) is 13.8. The molecule has 20 heavy (non-hydrogen) atoms. The van der Waals surface area contributed by atoms with Crippen LogP contribution in [0.15, 0.2) is 6.33 Å². The lowest BCUT2D eigenvalue weighted by Crippen LogP contribution is -2.39. The van der Waals surface area contributed by atoms with Crippen molar-refractivity contribution in [2.75, 3.05) is 24.6 Å². The van der Waals surface area contributed by atoms with Gasteiger partial charge in [0, 0.05) is 18.3 Å². The lowest BCUT2D eigenvalue weighted by atomic mass is 10.1. The van der Waals surface area contributed by atoms with E-state index in [1.54, 1.807) is 6.33 Å². The normalized spacial score (nSPS) is 27.2. The Morgan fingerprint density at radius 3 is 3.15 bits per heavy atom. The predicted octanol–water partition coefficient (Wildman–Crippen LogP) is 0.828. The smallest absolute Gasteiger partial charge is 0.291 e. The molecule has 2 atom stereocenters. The molecule has 3 heterocycles. The van der Waals surface area contributed by atoms with Gasteiger partial charge in [0.15, 0.2) is 0 Å². The van der Waals surface area contributed by atoms with Gasteiger partial charge in [-0.1, -0.05) is 0 Å². The van der Waals surface area contributed by atoms with Gasteiger partial charge < -0.3 is 10.6 Å². The molecule has 2 N–H and O–H groups in total. The van der Waals surface area contributed by atoms with Crippen LogP contribution in [0.1, 0.15) is 42.3 Å². The average Bonchev–Trinajstić information content (AvgIpc) is 2.99. The zero-order valence-electron chi connectivity index (χ0n) is 11.5.